The zero-order valence-corrected chi connectivity index (χ0v) is 11.6. The van der Waals surface area contributed by atoms with E-state index in [0.29, 0.717) is 15.9 Å². The maximum Gasteiger partial charge on any atom is 0.301 e. The first-order chi connectivity index (χ1) is 7.36. The quantitative estimate of drug-likeness (QED) is 0.920. The number of methoxy groups -OCH3 is 1. The van der Waals surface area contributed by atoms with Crippen LogP contribution in [-0.4, -0.2) is 33.9 Å². The second-order valence-corrected chi connectivity index (χ2v) is 5.98. The fourth-order valence-electron chi connectivity index (χ4n) is 0.970. The molecule has 16 heavy (non-hydrogen) atoms. The number of hydrogen-bond donors (Lipinski definition) is 1. The molecular formula is C9H13BrN2O3S. The number of halogens is 1. The Labute approximate surface area is 104 Å². The highest BCUT2D eigenvalue weighted by Gasteiger charge is 2.13. The van der Waals surface area contributed by atoms with Crippen LogP contribution in [0.2, 0.25) is 0 Å². The average molecular weight is 309 g/mol. The molecule has 1 rings (SSSR count). The Morgan fingerprint density at radius 3 is 2.44 bits per heavy atom. The summed E-state index contributed by atoms with van der Waals surface area (Å²) in [5, 5.41) is 0. The molecule has 90 valence electrons. The van der Waals surface area contributed by atoms with Gasteiger partial charge in [0.1, 0.15) is 5.75 Å². The van der Waals surface area contributed by atoms with Crippen LogP contribution in [0.5, 0.6) is 5.75 Å². The van der Waals surface area contributed by atoms with E-state index in [1.54, 1.807) is 25.3 Å². The van der Waals surface area contributed by atoms with Gasteiger partial charge in [0, 0.05) is 14.1 Å². The third-order valence-corrected chi connectivity index (χ3v) is 3.95. The molecule has 5 nitrogen and oxygen atoms in total. The maximum atomic E-state index is 11.5. The van der Waals surface area contributed by atoms with E-state index in [1.165, 1.54) is 14.1 Å². The second kappa shape index (κ2) is 5.03. The van der Waals surface area contributed by atoms with Gasteiger partial charge in [-0.1, -0.05) is 0 Å². The van der Waals surface area contributed by atoms with Crippen molar-refractivity contribution in [3.63, 3.8) is 0 Å². The van der Waals surface area contributed by atoms with Gasteiger partial charge in [-0.05, 0) is 34.1 Å². The van der Waals surface area contributed by atoms with Crippen LogP contribution in [0, 0.1) is 0 Å². The summed E-state index contributed by atoms with van der Waals surface area (Å²) in [5.41, 5.74) is 0.473. The number of benzene rings is 1. The SMILES string of the molecule is COc1ccc(NS(=O)(=O)N(C)C)cc1Br. The van der Waals surface area contributed by atoms with E-state index < -0.39 is 10.2 Å². The third-order valence-electron chi connectivity index (χ3n) is 1.88. The molecule has 1 N–H and O–H groups in total. The summed E-state index contributed by atoms with van der Waals surface area (Å²) in [5.74, 6) is 0.646. The monoisotopic (exact) mass is 308 g/mol. The predicted molar refractivity (Wildman–Crippen MR) is 66.9 cm³/mol. The van der Waals surface area contributed by atoms with Crippen molar-refractivity contribution in [1.29, 1.82) is 0 Å². The largest absolute Gasteiger partial charge is 0.496 e. The molecule has 0 radical (unpaired) electrons. The van der Waals surface area contributed by atoms with E-state index in [1.807, 2.05) is 0 Å². The van der Waals surface area contributed by atoms with Crippen LogP contribution < -0.4 is 9.46 Å². The number of hydrogen-bond acceptors (Lipinski definition) is 3. The molecule has 0 aliphatic heterocycles. The molecule has 0 heterocycles. The summed E-state index contributed by atoms with van der Waals surface area (Å²) < 4.78 is 32.3. The molecule has 0 fully saturated rings. The lowest BCUT2D eigenvalue weighted by atomic mass is 10.3. The number of anilines is 1. The van der Waals surface area contributed by atoms with E-state index in [0.717, 1.165) is 4.31 Å². The van der Waals surface area contributed by atoms with Gasteiger partial charge in [0.15, 0.2) is 0 Å². The van der Waals surface area contributed by atoms with Crippen LogP contribution in [0.3, 0.4) is 0 Å². The van der Waals surface area contributed by atoms with E-state index in [-0.39, 0.29) is 0 Å². The molecule has 7 heteroatoms. The molecule has 0 saturated heterocycles. The number of ether oxygens (including phenoxy) is 1. The first kappa shape index (κ1) is 13.3. The van der Waals surface area contributed by atoms with Crippen LogP contribution >= 0.6 is 15.9 Å². The van der Waals surface area contributed by atoms with Gasteiger partial charge in [0.25, 0.3) is 0 Å². The first-order valence-electron chi connectivity index (χ1n) is 4.40. The number of nitrogens with zero attached hydrogens (tertiary/aromatic N) is 1. The van der Waals surface area contributed by atoms with Crippen LogP contribution in [-0.2, 0) is 10.2 Å². The van der Waals surface area contributed by atoms with Gasteiger partial charge in [-0.3, -0.25) is 4.72 Å². The van der Waals surface area contributed by atoms with Gasteiger partial charge in [0.05, 0.1) is 17.3 Å². The molecule has 0 unspecified atom stereocenters. The Morgan fingerprint density at radius 1 is 1.38 bits per heavy atom. The maximum absolute atomic E-state index is 11.5. The van der Waals surface area contributed by atoms with E-state index in [2.05, 4.69) is 20.7 Å². The lowest BCUT2D eigenvalue weighted by Crippen LogP contribution is -2.28. The molecule has 0 amide bonds. The van der Waals surface area contributed by atoms with E-state index in [9.17, 15) is 8.42 Å². The summed E-state index contributed by atoms with van der Waals surface area (Å²) in [6, 6.07) is 4.95. The minimum absolute atomic E-state index is 0.473. The van der Waals surface area contributed by atoms with Gasteiger partial charge < -0.3 is 4.74 Å². The molecule has 1 aromatic rings. The number of rotatable bonds is 4. The van der Waals surface area contributed by atoms with Crippen molar-refractivity contribution in [2.45, 2.75) is 0 Å². The molecule has 0 saturated carbocycles. The lowest BCUT2D eigenvalue weighted by Gasteiger charge is -2.14. The molecule has 0 aromatic heterocycles. The zero-order chi connectivity index (χ0) is 12.3. The van der Waals surface area contributed by atoms with E-state index >= 15 is 0 Å². The summed E-state index contributed by atoms with van der Waals surface area (Å²) in [6.45, 7) is 0. The summed E-state index contributed by atoms with van der Waals surface area (Å²) in [6.07, 6.45) is 0. The number of nitrogens with one attached hydrogen (secondary N) is 1. The van der Waals surface area contributed by atoms with Crippen molar-refractivity contribution in [2.24, 2.45) is 0 Å². The van der Waals surface area contributed by atoms with Crippen molar-refractivity contribution in [2.75, 3.05) is 25.9 Å². The standard InChI is InChI=1S/C9H13BrN2O3S/c1-12(2)16(13,14)11-7-4-5-9(15-3)8(10)6-7/h4-6,11H,1-3H3. The van der Waals surface area contributed by atoms with Gasteiger partial charge in [0.2, 0.25) is 0 Å². The van der Waals surface area contributed by atoms with E-state index in [4.69, 9.17) is 4.74 Å². The fraction of sp³-hybridized carbons (Fsp3) is 0.333. The smallest absolute Gasteiger partial charge is 0.301 e. The van der Waals surface area contributed by atoms with Crippen molar-refractivity contribution < 1.29 is 13.2 Å². The average Bonchev–Trinajstić information content (AvgIpc) is 2.17. The Kier molecular flexibility index (Phi) is 4.17. The molecule has 0 aliphatic rings. The third kappa shape index (κ3) is 3.10. The Balaban J connectivity index is 2.96. The van der Waals surface area contributed by atoms with Crippen LogP contribution in [0.25, 0.3) is 0 Å². The molecular weight excluding hydrogens is 296 g/mol. The Morgan fingerprint density at radius 2 is 2.00 bits per heavy atom. The summed E-state index contributed by atoms with van der Waals surface area (Å²) in [4.78, 5) is 0. The fourth-order valence-corrected chi connectivity index (χ4v) is 2.12. The van der Waals surface area contributed by atoms with Gasteiger partial charge in [-0.15, -0.1) is 0 Å². The molecule has 0 bridgehead atoms. The normalized spacial score (nSPS) is 11.6. The van der Waals surface area contributed by atoms with Crippen molar-refractivity contribution in [3.05, 3.63) is 22.7 Å². The summed E-state index contributed by atoms with van der Waals surface area (Å²) >= 11 is 3.28. The van der Waals surface area contributed by atoms with Gasteiger partial charge in [-0.2, -0.15) is 12.7 Å². The highest BCUT2D eigenvalue weighted by Crippen LogP contribution is 2.28. The van der Waals surface area contributed by atoms with Crippen molar-refractivity contribution >= 4 is 31.8 Å². The van der Waals surface area contributed by atoms with Gasteiger partial charge >= 0.3 is 10.2 Å². The molecule has 0 atom stereocenters. The predicted octanol–water partition coefficient (Wildman–Crippen LogP) is 1.68. The van der Waals surface area contributed by atoms with Gasteiger partial charge in [-0.25, -0.2) is 0 Å². The Bertz CT molecular complexity index is 474. The summed E-state index contributed by atoms with van der Waals surface area (Å²) in [7, 11) is 0.998. The second-order valence-electron chi connectivity index (χ2n) is 3.24. The zero-order valence-electron chi connectivity index (χ0n) is 9.19. The van der Waals surface area contributed by atoms with Crippen LogP contribution in [0.1, 0.15) is 0 Å². The molecule has 0 aliphatic carbocycles. The lowest BCUT2D eigenvalue weighted by molar-refractivity contribution is 0.412. The molecule has 0 spiro atoms. The van der Waals surface area contributed by atoms with Crippen LogP contribution in [0.4, 0.5) is 5.69 Å². The highest BCUT2D eigenvalue weighted by molar-refractivity contribution is 9.10. The topological polar surface area (TPSA) is 58.6 Å². The first-order valence-corrected chi connectivity index (χ1v) is 6.64. The van der Waals surface area contributed by atoms with Crippen molar-refractivity contribution in [3.8, 4) is 5.75 Å². The Hall–Kier alpha value is -0.790. The van der Waals surface area contributed by atoms with Crippen LogP contribution in [0.15, 0.2) is 22.7 Å². The molecule has 1 aromatic carbocycles. The van der Waals surface area contributed by atoms with Crippen molar-refractivity contribution in [1.82, 2.24) is 4.31 Å². The minimum Gasteiger partial charge on any atom is -0.496 e. The highest BCUT2D eigenvalue weighted by atomic mass is 79.9. The minimum atomic E-state index is -3.47.